The van der Waals surface area contributed by atoms with Gasteiger partial charge in [-0.2, -0.15) is 0 Å². The lowest BCUT2D eigenvalue weighted by Gasteiger charge is -2.51. The predicted molar refractivity (Wildman–Crippen MR) is 308 cm³/mol. The van der Waals surface area contributed by atoms with Crippen molar-refractivity contribution >= 4 is 68.6 Å². The molecule has 1 saturated carbocycles. The van der Waals surface area contributed by atoms with Gasteiger partial charge in [-0.05, 0) is 158 Å². The minimum Gasteiger partial charge on any atom is -0.334 e. The van der Waals surface area contributed by atoms with Gasteiger partial charge in [0.1, 0.15) is 0 Å². The standard InChI is InChI=1S/C67H69BN4/c1-63(2,3)47-26-30-50(31-27-47)70-59-34-29-49(65(7,8)9)40-55(59)68-54-23-15-16-24-58(54)71(56-33-28-48(64(4,5)6)39-52(56)44-20-13-12-14-21-44)61-42-51(41-60(70)62(61)68)72-57-32-25-45(46-22-19-37-69-43-46)38-53(57)66(10)35-17-18-36-67(66,72)11/h12-16,19-34,37-43H,17-18,35-36H2,1-11H3. The number of fused-ring (bicyclic) bond motifs is 7. The molecule has 3 aliphatic heterocycles. The molecule has 360 valence electrons. The molecule has 2 unspecified atom stereocenters. The number of anilines is 8. The van der Waals surface area contributed by atoms with Gasteiger partial charge in [-0.1, -0.05) is 173 Å². The molecule has 5 heteroatoms. The summed E-state index contributed by atoms with van der Waals surface area (Å²) < 4.78 is 0. The Kier molecular flexibility index (Phi) is 10.5. The molecule has 0 N–H and O–H groups in total. The van der Waals surface area contributed by atoms with Gasteiger partial charge in [0.25, 0.3) is 6.71 Å². The fraction of sp³-hybridized carbons (Fsp3) is 0.299. The Labute approximate surface area is 429 Å². The van der Waals surface area contributed by atoms with Gasteiger partial charge in [0.2, 0.25) is 0 Å². The summed E-state index contributed by atoms with van der Waals surface area (Å²) in [5, 5.41) is 0. The SMILES string of the molecule is CC(C)(C)c1ccc(N2c3ccc(C(C)(C)C)cc3B3c4ccccc4N(c4ccc(C(C)(C)C)cc4-c4ccccc4)c4cc(N5c6ccc(-c7cccnc7)cc6C6(C)CCCCC56C)cc2c43)cc1. The van der Waals surface area contributed by atoms with E-state index < -0.39 is 0 Å². The van der Waals surface area contributed by atoms with Crippen LogP contribution in [0, 0.1) is 0 Å². The van der Waals surface area contributed by atoms with E-state index in [9.17, 15) is 0 Å². The zero-order valence-electron chi connectivity index (χ0n) is 44.4. The third-order valence-electron chi connectivity index (χ3n) is 17.4. The smallest absolute Gasteiger partial charge is 0.252 e. The molecular formula is C67H69BN4. The molecule has 1 fully saturated rings. The Hall–Kier alpha value is -6.85. The average Bonchev–Trinajstić information content (AvgIpc) is 3.58. The molecule has 8 aromatic rings. The lowest BCUT2D eigenvalue weighted by molar-refractivity contribution is 0.195. The second kappa shape index (κ2) is 16.3. The van der Waals surface area contributed by atoms with Gasteiger partial charge in [0.05, 0.1) is 11.2 Å². The van der Waals surface area contributed by atoms with Gasteiger partial charge in [0.15, 0.2) is 0 Å². The van der Waals surface area contributed by atoms with Crippen molar-refractivity contribution in [3.63, 3.8) is 0 Å². The minimum atomic E-state index is -0.185. The van der Waals surface area contributed by atoms with E-state index in [1.54, 1.807) is 0 Å². The number of para-hydroxylation sites is 1. The summed E-state index contributed by atoms with van der Waals surface area (Å²) in [6.45, 7) is 26.1. The molecule has 7 aromatic carbocycles. The normalized spacial score (nSPS) is 19.1. The topological polar surface area (TPSA) is 22.6 Å². The molecule has 72 heavy (non-hydrogen) atoms. The van der Waals surface area contributed by atoms with E-state index >= 15 is 0 Å². The molecule has 0 spiro atoms. The number of rotatable bonds is 5. The maximum absolute atomic E-state index is 4.55. The molecule has 4 nitrogen and oxygen atoms in total. The van der Waals surface area contributed by atoms with Gasteiger partial charge in [0, 0.05) is 63.2 Å². The van der Waals surface area contributed by atoms with Crippen LogP contribution in [0.3, 0.4) is 0 Å². The van der Waals surface area contributed by atoms with E-state index in [0.29, 0.717) is 0 Å². The summed E-state index contributed by atoms with van der Waals surface area (Å²) in [7, 11) is 0. The van der Waals surface area contributed by atoms with Crippen molar-refractivity contribution in [2.75, 3.05) is 14.7 Å². The van der Waals surface area contributed by atoms with Crippen molar-refractivity contribution < 1.29 is 0 Å². The molecule has 4 aliphatic rings. The summed E-state index contributed by atoms with van der Waals surface area (Å²) in [6, 6.07) is 61.2. The summed E-state index contributed by atoms with van der Waals surface area (Å²) in [4.78, 5) is 12.6. The Balaban J connectivity index is 1.20. The van der Waals surface area contributed by atoms with E-state index in [1.165, 1.54) is 114 Å². The first kappa shape index (κ1) is 46.2. The lowest BCUT2D eigenvalue weighted by atomic mass is 9.33. The zero-order valence-corrected chi connectivity index (χ0v) is 44.4. The molecule has 0 amide bonds. The van der Waals surface area contributed by atoms with Gasteiger partial charge in [-0.25, -0.2) is 0 Å². The molecule has 0 radical (unpaired) electrons. The van der Waals surface area contributed by atoms with Crippen molar-refractivity contribution in [3.05, 3.63) is 192 Å². The van der Waals surface area contributed by atoms with Crippen LogP contribution in [-0.2, 0) is 21.7 Å². The van der Waals surface area contributed by atoms with E-state index in [-0.39, 0.29) is 33.9 Å². The van der Waals surface area contributed by atoms with E-state index in [4.69, 9.17) is 0 Å². The number of hydrogen-bond donors (Lipinski definition) is 0. The van der Waals surface area contributed by atoms with Crippen LogP contribution in [-0.4, -0.2) is 17.2 Å². The molecule has 4 heterocycles. The number of pyridine rings is 1. The van der Waals surface area contributed by atoms with Crippen molar-refractivity contribution in [2.45, 2.75) is 129 Å². The Morgan fingerprint density at radius 2 is 1.06 bits per heavy atom. The highest BCUT2D eigenvalue weighted by Crippen LogP contribution is 2.62. The monoisotopic (exact) mass is 941 g/mol. The molecule has 1 aliphatic carbocycles. The van der Waals surface area contributed by atoms with Crippen molar-refractivity contribution in [1.82, 2.24) is 4.98 Å². The molecule has 1 aromatic heterocycles. The number of hydrogen-bond acceptors (Lipinski definition) is 4. The van der Waals surface area contributed by atoms with Gasteiger partial charge >= 0.3 is 0 Å². The zero-order chi connectivity index (χ0) is 50.1. The first-order valence-electron chi connectivity index (χ1n) is 26.5. The second-order valence-electron chi connectivity index (χ2n) is 24.9. The van der Waals surface area contributed by atoms with Crippen molar-refractivity contribution in [2.24, 2.45) is 0 Å². The summed E-state index contributed by atoms with van der Waals surface area (Å²) in [6.07, 6.45) is 8.54. The Morgan fingerprint density at radius 1 is 0.458 bits per heavy atom. The third-order valence-corrected chi connectivity index (χ3v) is 17.4. The molecule has 2 atom stereocenters. The minimum absolute atomic E-state index is 0.00337. The Bertz CT molecular complexity index is 3410. The van der Waals surface area contributed by atoms with E-state index in [1.807, 2.05) is 12.4 Å². The maximum atomic E-state index is 4.55. The van der Waals surface area contributed by atoms with Crippen molar-refractivity contribution in [1.29, 1.82) is 0 Å². The van der Waals surface area contributed by atoms with Crippen LogP contribution in [0.25, 0.3) is 22.3 Å². The summed E-state index contributed by atoms with van der Waals surface area (Å²) in [5.41, 5.74) is 23.8. The maximum Gasteiger partial charge on any atom is 0.252 e. The average molecular weight is 941 g/mol. The predicted octanol–water partition coefficient (Wildman–Crippen LogP) is 16.1. The Morgan fingerprint density at radius 3 is 1.75 bits per heavy atom. The van der Waals surface area contributed by atoms with Gasteiger partial charge in [-0.15, -0.1) is 0 Å². The van der Waals surface area contributed by atoms with Crippen LogP contribution >= 0.6 is 0 Å². The highest BCUT2D eigenvalue weighted by Gasteiger charge is 2.58. The third kappa shape index (κ3) is 7.12. The lowest BCUT2D eigenvalue weighted by Crippen LogP contribution is -2.61. The van der Waals surface area contributed by atoms with Gasteiger partial charge < -0.3 is 14.7 Å². The fourth-order valence-corrected chi connectivity index (χ4v) is 13.1. The first-order valence-corrected chi connectivity index (χ1v) is 26.5. The van der Waals surface area contributed by atoms with Crippen LogP contribution in [0.1, 0.15) is 124 Å². The molecule has 12 rings (SSSR count). The van der Waals surface area contributed by atoms with Gasteiger partial charge in [-0.3, -0.25) is 4.98 Å². The van der Waals surface area contributed by atoms with E-state index in [0.717, 1.165) is 18.4 Å². The number of nitrogens with zero attached hydrogens (tertiary/aromatic N) is 4. The van der Waals surface area contributed by atoms with Crippen LogP contribution in [0.5, 0.6) is 0 Å². The largest absolute Gasteiger partial charge is 0.334 e. The summed E-state index contributed by atoms with van der Waals surface area (Å²) in [5.74, 6) is 0. The van der Waals surface area contributed by atoms with Crippen LogP contribution in [0.15, 0.2) is 170 Å². The highest BCUT2D eigenvalue weighted by atomic mass is 15.3. The molecule has 0 saturated heterocycles. The van der Waals surface area contributed by atoms with Crippen LogP contribution < -0.4 is 31.1 Å². The second-order valence-corrected chi connectivity index (χ2v) is 24.9. The first-order chi connectivity index (χ1) is 34.3. The molecular weight excluding hydrogens is 872 g/mol. The fourth-order valence-electron chi connectivity index (χ4n) is 13.1. The van der Waals surface area contributed by atoms with Crippen molar-refractivity contribution in [3.8, 4) is 22.3 Å². The van der Waals surface area contributed by atoms with Crippen LogP contribution in [0.2, 0.25) is 0 Å². The quantitative estimate of drug-likeness (QED) is 0.160. The number of aromatic nitrogens is 1. The van der Waals surface area contributed by atoms with Crippen LogP contribution in [0.4, 0.5) is 45.5 Å². The highest BCUT2D eigenvalue weighted by molar-refractivity contribution is 7.00. The molecule has 0 bridgehead atoms. The number of benzene rings is 7. The van der Waals surface area contributed by atoms with E-state index in [2.05, 4.69) is 254 Å². The summed E-state index contributed by atoms with van der Waals surface area (Å²) >= 11 is 0.